The number of benzene rings is 9. The van der Waals surface area contributed by atoms with Crippen LogP contribution in [-0.4, -0.2) is 24.5 Å². The molecule has 0 saturated heterocycles. The molecule has 0 bridgehead atoms. The van der Waals surface area contributed by atoms with Crippen LogP contribution < -0.4 is 0 Å². The average molecular weight is 834 g/mol. The molecule has 65 heavy (non-hydrogen) atoms. The second-order valence-corrected chi connectivity index (χ2v) is 16.2. The summed E-state index contributed by atoms with van der Waals surface area (Å²) in [5.74, 6) is 2.18. The van der Waals surface area contributed by atoms with Crippen LogP contribution in [0.25, 0.3) is 128 Å². The van der Waals surface area contributed by atoms with E-state index in [1.54, 1.807) is 0 Å². The number of aromatic nitrogens is 5. The van der Waals surface area contributed by atoms with Crippen molar-refractivity contribution in [1.82, 2.24) is 24.5 Å². The van der Waals surface area contributed by atoms with Crippen LogP contribution >= 0.6 is 0 Å². The highest BCUT2D eigenvalue weighted by atomic mass is 16.3. The van der Waals surface area contributed by atoms with Gasteiger partial charge in [0, 0.05) is 49.4 Å². The van der Waals surface area contributed by atoms with Crippen LogP contribution in [0, 0.1) is 0 Å². The molecule has 7 nitrogen and oxygen atoms in total. The quantitative estimate of drug-likeness (QED) is 0.159. The van der Waals surface area contributed by atoms with Crippen molar-refractivity contribution in [2.45, 2.75) is 0 Å². The zero-order chi connectivity index (χ0) is 42.8. The molecule has 0 unspecified atom stereocenters. The highest BCUT2D eigenvalue weighted by molar-refractivity contribution is 6.15. The van der Waals surface area contributed by atoms with E-state index in [9.17, 15) is 0 Å². The first-order valence-corrected chi connectivity index (χ1v) is 21.6. The number of hydrogen-bond acceptors (Lipinski definition) is 6. The highest BCUT2D eigenvalue weighted by Gasteiger charge is 2.21. The molecule has 0 amide bonds. The number of oxazole rings is 1. The van der Waals surface area contributed by atoms with Crippen LogP contribution in [0.15, 0.2) is 221 Å². The standard InChI is InChI=1S/C58H35N5O2/c1-3-16-36(17-4-1)42-26-15-32-50-52(42)47-25-7-9-31-49(47)63(50)58-61-55(40-22-11-20-38(34-40)43-27-13-29-46-45-24-8-10-33-51(45)64-53(43)46)60-56(62-58)41-23-12-21-39(35-41)44-28-14-30-48-54(44)65-57(59-48)37-18-5-2-6-19-37/h1-35H. The summed E-state index contributed by atoms with van der Waals surface area (Å²) in [6.45, 7) is 0. The summed E-state index contributed by atoms with van der Waals surface area (Å²) in [4.78, 5) is 20.8. The van der Waals surface area contributed by atoms with Crippen molar-refractivity contribution >= 4 is 54.8 Å². The van der Waals surface area contributed by atoms with Crippen LogP contribution in [0.1, 0.15) is 0 Å². The van der Waals surface area contributed by atoms with Gasteiger partial charge in [0.2, 0.25) is 11.8 Å². The fraction of sp³-hybridized carbons (Fsp3) is 0. The molecule has 13 rings (SSSR count). The Kier molecular flexibility index (Phi) is 8.39. The number of furan rings is 1. The predicted octanol–water partition coefficient (Wildman–Crippen LogP) is 15.0. The Bertz CT molecular complexity index is 3960. The fourth-order valence-electron chi connectivity index (χ4n) is 9.32. The monoisotopic (exact) mass is 833 g/mol. The second-order valence-electron chi connectivity index (χ2n) is 16.2. The summed E-state index contributed by atoms with van der Waals surface area (Å²) in [6, 6.07) is 72.8. The zero-order valence-electron chi connectivity index (χ0n) is 34.8. The van der Waals surface area contributed by atoms with Gasteiger partial charge in [0.15, 0.2) is 17.2 Å². The Morgan fingerprint density at radius 2 is 0.877 bits per heavy atom. The van der Waals surface area contributed by atoms with E-state index in [0.29, 0.717) is 23.5 Å². The topological polar surface area (TPSA) is 82.8 Å². The summed E-state index contributed by atoms with van der Waals surface area (Å²) >= 11 is 0. The maximum atomic E-state index is 6.49. The van der Waals surface area contributed by atoms with Crippen LogP contribution in [0.3, 0.4) is 0 Å². The first-order chi connectivity index (χ1) is 32.2. The lowest BCUT2D eigenvalue weighted by Crippen LogP contribution is -2.06. The molecular formula is C58H35N5O2. The van der Waals surface area contributed by atoms with Gasteiger partial charge in [-0.2, -0.15) is 9.97 Å². The van der Waals surface area contributed by atoms with Gasteiger partial charge in [-0.25, -0.2) is 9.97 Å². The summed E-state index contributed by atoms with van der Waals surface area (Å²) in [6.07, 6.45) is 0. The number of rotatable bonds is 7. The SMILES string of the molecule is c1ccc(-c2nc3cccc(-c4cccc(-c5nc(-c6cccc(-c7cccc8c7oc7ccccc78)c6)nc(-n6c7ccccc7c7c(-c8ccccc8)cccc76)n5)c4)c3o2)cc1. The van der Waals surface area contributed by atoms with Crippen LogP contribution in [0.5, 0.6) is 0 Å². The van der Waals surface area contributed by atoms with Crippen LogP contribution in [0.2, 0.25) is 0 Å². The largest absolute Gasteiger partial charge is 0.455 e. The maximum Gasteiger partial charge on any atom is 0.238 e. The molecule has 9 aromatic carbocycles. The molecule has 13 aromatic rings. The minimum atomic E-state index is 0.515. The van der Waals surface area contributed by atoms with E-state index in [0.717, 1.165) is 105 Å². The van der Waals surface area contributed by atoms with Gasteiger partial charge in [0.25, 0.3) is 0 Å². The lowest BCUT2D eigenvalue weighted by atomic mass is 9.99. The third kappa shape index (κ3) is 6.13. The van der Waals surface area contributed by atoms with E-state index in [2.05, 4.69) is 150 Å². The van der Waals surface area contributed by atoms with E-state index in [1.807, 2.05) is 66.7 Å². The van der Waals surface area contributed by atoms with E-state index in [-0.39, 0.29) is 0 Å². The molecule has 7 heteroatoms. The molecular weight excluding hydrogens is 799 g/mol. The first-order valence-electron chi connectivity index (χ1n) is 21.6. The molecule has 4 aromatic heterocycles. The van der Waals surface area contributed by atoms with Crippen molar-refractivity contribution in [2.75, 3.05) is 0 Å². The second kappa shape index (κ2) is 14.9. The first kappa shape index (κ1) is 36.7. The minimum absolute atomic E-state index is 0.515. The molecule has 4 heterocycles. The molecule has 0 N–H and O–H groups in total. The summed E-state index contributed by atoms with van der Waals surface area (Å²) in [7, 11) is 0. The van der Waals surface area contributed by atoms with Crippen molar-refractivity contribution in [3.8, 4) is 73.6 Å². The Morgan fingerprint density at radius 3 is 1.63 bits per heavy atom. The molecule has 0 aliphatic carbocycles. The number of hydrogen-bond donors (Lipinski definition) is 0. The zero-order valence-corrected chi connectivity index (χ0v) is 34.8. The van der Waals surface area contributed by atoms with E-state index in [1.165, 1.54) is 0 Å². The van der Waals surface area contributed by atoms with Gasteiger partial charge >= 0.3 is 0 Å². The Balaban J connectivity index is 1.02. The van der Waals surface area contributed by atoms with Crippen LogP contribution in [-0.2, 0) is 0 Å². The van der Waals surface area contributed by atoms with Crippen molar-refractivity contribution in [2.24, 2.45) is 0 Å². The van der Waals surface area contributed by atoms with Gasteiger partial charge in [-0.1, -0.05) is 164 Å². The molecule has 0 aliphatic heterocycles. The van der Waals surface area contributed by atoms with E-state index < -0.39 is 0 Å². The molecule has 0 aliphatic rings. The molecule has 0 spiro atoms. The van der Waals surface area contributed by atoms with Crippen molar-refractivity contribution in [1.29, 1.82) is 0 Å². The average Bonchev–Trinajstić information content (AvgIpc) is 4.09. The number of fused-ring (bicyclic) bond motifs is 7. The van der Waals surface area contributed by atoms with Crippen molar-refractivity contribution < 1.29 is 8.83 Å². The smallest absolute Gasteiger partial charge is 0.238 e. The fourth-order valence-corrected chi connectivity index (χ4v) is 9.32. The van der Waals surface area contributed by atoms with Gasteiger partial charge in [0.05, 0.1) is 11.0 Å². The molecule has 304 valence electrons. The number of para-hydroxylation sites is 4. The lowest BCUT2D eigenvalue weighted by molar-refractivity contribution is 0.621. The summed E-state index contributed by atoms with van der Waals surface area (Å²) in [5, 5.41) is 4.41. The highest BCUT2D eigenvalue weighted by Crippen LogP contribution is 2.41. The number of nitrogens with zero attached hydrogens (tertiary/aromatic N) is 5. The molecule has 0 fully saturated rings. The third-order valence-electron chi connectivity index (χ3n) is 12.3. The molecule has 0 radical (unpaired) electrons. The maximum absolute atomic E-state index is 6.49. The summed E-state index contributed by atoms with van der Waals surface area (Å²) in [5.41, 5.74) is 14.0. The molecule has 0 saturated carbocycles. The van der Waals surface area contributed by atoms with Gasteiger partial charge < -0.3 is 8.83 Å². The summed E-state index contributed by atoms with van der Waals surface area (Å²) < 4.78 is 15.2. The van der Waals surface area contributed by atoms with E-state index >= 15 is 0 Å². The van der Waals surface area contributed by atoms with Gasteiger partial charge in [0.1, 0.15) is 16.7 Å². The van der Waals surface area contributed by atoms with Gasteiger partial charge in [-0.15, -0.1) is 0 Å². The van der Waals surface area contributed by atoms with Gasteiger partial charge in [-0.05, 0) is 70.8 Å². The Morgan fingerprint density at radius 1 is 0.338 bits per heavy atom. The Labute approximate surface area is 372 Å². The van der Waals surface area contributed by atoms with Crippen molar-refractivity contribution in [3.05, 3.63) is 212 Å². The normalized spacial score (nSPS) is 11.7. The third-order valence-corrected chi connectivity index (χ3v) is 12.3. The van der Waals surface area contributed by atoms with Crippen LogP contribution in [0.4, 0.5) is 0 Å². The van der Waals surface area contributed by atoms with Crippen molar-refractivity contribution in [3.63, 3.8) is 0 Å². The van der Waals surface area contributed by atoms with Gasteiger partial charge in [-0.3, -0.25) is 4.57 Å². The van der Waals surface area contributed by atoms with E-state index in [4.69, 9.17) is 28.8 Å². The predicted molar refractivity (Wildman–Crippen MR) is 262 cm³/mol. The lowest BCUT2D eigenvalue weighted by Gasteiger charge is -2.12. The molecule has 0 atom stereocenters. The minimum Gasteiger partial charge on any atom is -0.455 e. The Hall–Kier alpha value is -8.94.